The van der Waals surface area contributed by atoms with Crippen molar-refractivity contribution in [1.82, 2.24) is 0 Å². The predicted molar refractivity (Wildman–Crippen MR) is 53.8 cm³/mol. The van der Waals surface area contributed by atoms with Gasteiger partial charge in [-0.25, -0.2) is 0 Å². The molecule has 0 saturated heterocycles. The van der Waals surface area contributed by atoms with Crippen LogP contribution in [-0.4, -0.2) is 21.8 Å². The van der Waals surface area contributed by atoms with Crippen LogP contribution in [0.2, 0.25) is 0 Å². The molecular formula is C9H12ClNO3. The summed E-state index contributed by atoms with van der Waals surface area (Å²) in [6, 6.07) is 8.54. The van der Waals surface area contributed by atoms with E-state index < -0.39 is 12.0 Å². The first-order valence-corrected chi connectivity index (χ1v) is 4.23. The fourth-order valence-electron chi connectivity index (χ4n) is 0.955. The molecule has 0 saturated carbocycles. The molecule has 0 radical (unpaired) electrons. The number of hydrogen-bond acceptors (Lipinski definition) is 3. The van der Waals surface area contributed by atoms with Gasteiger partial charge in [-0.1, -0.05) is 30.3 Å². The van der Waals surface area contributed by atoms with E-state index in [0.717, 1.165) is 5.56 Å². The molecule has 0 aliphatic heterocycles. The van der Waals surface area contributed by atoms with Gasteiger partial charge in [-0.3, -0.25) is 9.45 Å². The molecule has 0 unspecified atom stereocenters. The van der Waals surface area contributed by atoms with E-state index in [9.17, 15) is 4.79 Å². The van der Waals surface area contributed by atoms with E-state index in [1.165, 1.54) is 0 Å². The third-order valence-electron chi connectivity index (χ3n) is 1.62. The molecule has 4 N–H and O–H groups in total. The molecule has 14 heavy (non-hydrogen) atoms. The number of carboxylic acid groups (broad SMARTS) is 1. The summed E-state index contributed by atoms with van der Waals surface area (Å²) in [6.45, 7) is 0. The summed E-state index contributed by atoms with van der Waals surface area (Å²) in [5, 5.41) is 8.52. The predicted octanol–water partition coefficient (Wildman–Crippen LogP) is 0.774. The second kappa shape index (κ2) is 7.32. The SMILES string of the molecule is N[C@@H](Cc1ccccc1)C(=O)O.OCl. The number of carboxylic acids is 1. The van der Waals surface area contributed by atoms with Gasteiger partial charge in [-0.15, -0.1) is 0 Å². The molecule has 0 amide bonds. The first-order chi connectivity index (χ1) is 6.70. The van der Waals surface area contributed by atoms with Crippen molar-refractivity contribution >= 4 is 17.8 Å². The van der Waals surface area contributed by atoms with Gasteiger partial charge >= 0.3 is 5.97 Å². The molecule has 1 aromatic carbocycles. The Morgan fingerprint density at radius 1 is 1.36 bits per heavy atom. The summed E-state index contributed by atoms with van der Waals surface area (Å²) in [7, 11) is 0. The molecule has 0 bridgehead atoms. The summed E-state index contributed by atoms with van der Waals surface area (Å²) < 4.78 is 6.47. The molecule has 0 fully saturated rings. The van der Waals surface area contributed by atoms with Crippen molar-refractivity contribution in [2.45, 2.75) is 12.5 Å². The van der Waals surface area contributed by atoms with Crippen LogP contribution in [0, 0.1) is 0 Å². The topological polar surface area (TPSA) is 83.6 Å². The maximum Gasteiger partial charge on any atom is 0.320 e. The number of hydrogen-bond donors (Lipinski definition) is 3. The maximum atomic E-state index is 10.4. The minimum atomic E-state index is -0.959. The molecule has 0 aliphatic carbocycles. The lowest BCUT2D eigenvalue weighted by atomic mass is 10.1. The minimum Gasteiger partial charge on any atom is -0.480 e. The lowest BCUT2D eigenvalue weighted by Gasteiger charge is -2.04. The average Bonchev–Trinajstić information content (AvgIpc) is 2.22. The van der Waals surface area contributed by atoms with E-state index in [-0.39, 0.29) is 0 Å². The first kappa shape index (κ1) is 12.9. The number of halogens is 1. The number of nitrogens with two attached hydrogens (primary N) is 1. The molecule has 0 aromatic heterocycles. The molecule has 1 atom stereocenters. The number of aliphatic carboxylic acids is 1. The second-order valence-electron chi connectivity index (χ2n) is 2.63. The van der Waals surface area contributed by atoms with Crippen molar-refractivity contribution in [2.24, 2.45) is 5.73 Å². The second-order valence-corrected chi connectivity index (χ2v) is 2.63. The lowest BCUT2D eigenvalue weighted by Crippen LogP contribution is -2.32. The molecule has 78 valence electrons. The number of benzene rings is 1. The average molecular weight is 218 g/mol. The Kier molecular flexibility index (Phi) is 6.74. The van der Waals surface area contributed by atoms with Crippen molar-refractivity contribution in [3.63, 3.8) is 0 Å². The van der Waals surface area contributed by atoms with Crippen molar-refractivity contribution in [3.8, 4) is 0 Å². The van der Waals surface area contributed by atoms with Crippen LogP contribution in [0.25, 0.3) is 0 Å². The summed E-state index contributed by atoms with van der Waals surface area (Å²) >= 11 is 3.64. The van der Waals surface area contributed by atoms with Crippen LogP contribution in [0.5, 0.6) is 0 Å². The smallest absolute Gasteiger partial charge is 0.320 e. The Labute approximate surface area is 87.1 Å². The van der Waals surface area contributed by atoms with Crippen LogP contribution < -0.4 is 5.73 Å². The monoisotopic (exact) mass is 217 g/mol. The van der Waals surface area contributed by atoms with Crippen molar-refractivity contribution in [3.05, 3.63) is 35.9 Å². The number of rotatable bonds is 3. The van der Waals surface area contributed by atoms with Crippen LogP contribution in [0.3, 0.4) is 0 Å². The largest absolute Gasteiger partial charge is 0.480 e. The molecule has 5 heteroatoms. The standard InChI is InChI=1S/C9H11NO2.ClHO/c10-8(9(11)12)6-7-4-2-1-3-5-7;1-2/h1-5,8H,6,10H2,(H,11,12);2H/t8-;/m0./s1. The van der Waals surface area contributed by atoms with Gasteiger partial charge in [-0.2, -0.15) is 0 Å². The lowest BCUT2D eigenvalue weighted by molar-refractivity contribution is -0.138. The highest BCUT2D eigenvalue weighted by molar-refractivity contribution is 6.04. The van der Waals surface area contributed by atoms with E-state index in [4.69, 9.17) is 15.5 Å². The fraction of sp³-hybridized carbons (Fsp3) is 0.222. The van der Waals surface area contributed by atoms with Crippen LogP contribution >= 0.6 is 11.9 Å². The molecular weight excluding hydrogens is 206 g/mol. The van der Waals surface area contributed by atoms with Crippen LogP contribution in [0.1, 0.15) is 5.56 Å². The van der Waals surface area contributed by atoms with Gasteiger partial charge in [0.05, 0.1) is 11.9 Å². The highest BCUT2D eigenvalue weighted by Gasteiger charge is 2.10. The summed E-state index contributed by atoms with van der Waals surface area (Å²) in [6.07, 6.45) is 0.385. The van der Waals surface area contributed by atoms with Crippen molar-refractivity contribution in [1.29, 1.82) is 0 Å². The van der Waals surface area contributed by atoms with E-state index in [0.29, 0.717) is 6.42 Å². The third kappa shape index (κ3) is 4.81. The Hall–Kier alpha value is -1.10. The van der Waals surface area contributed by atoms with Gasteiger partial charge in [-0.05, 0) is 12.0 Å². The van der Waals surface area contributed by atoms with E-state index in [2.05, 4.69) is 11.9 Å². The highest BCUT2D eigenvalue weighted by Crippen LogP contribution is 2.01. The van der Waals surface area contributed by atoms with Gasteiger partial charge in [0.25, 0.3) is 0 Å². The van der Waals surface area contributed by atoms with Crippen molar-refractivity contribution < 1.29 is 14.6 Å². The van der Waals surface area contributed by atoms with Gasteiger partial charge in [0.1, 0.15) is 6.04 Å². The number of carbonyl (C=O) groups is 1. The summed E-state index contributed by atoms with van der Waals surface area (Å²) in [5.41, 5.74) is 6.30. The zero-order valence-electron chi connectivity index (χ0n) is 7.43. The molecule has 1 aromatic rings. The zero-order valence-corrected chi connectivity index (χ0v) is 8.19. The normalized spacial score (nSPS) is 11.1. The summed E-state index contributed by atoms with van der Waals surface area (Å²) in [4.78, 5) is 10.4. The van der Waals surface area contributed by atoms with Gasteiger partial charge in [0.2, 0.25) is 0 Å². The third-order valence-corrected chi connectivity index (χ3v) is 1.62. The Morgan fingerprint density at radius 2 is 1.86 bits per heavy atom. The van der Waals surface area contributed by atoms with Crippen LogP contribution in [-0.2, 0) is 11.2 Å². The maximum absolute atomic E-state index is 10.4. The van der Waals surface area contributed by atoms with E-state index >= 15 is 0 Å². The van der Waals surface area contributed by atoms with Gasteiger partial charge in [0, 0.05) is 0 Å². The highest BCUT2D eigenvalue weighted by atomic mass is 35.5. The molecule has 4 nitrogen and oxygen atoms in total. The molecule has 0 heterocycles. The van der Waals surface area contributed by atoms with Crippen molar-refractivity contribution in [2.75, 3.05) is 0 Å². The fourth-order valence-corrected chi connectivity index (χ4v) is 0.955. The Balaban J connectivity index is 0.000000791. The van der Waals surface area contributed by atoms with E-state index in [1.54, 1.807) is 0 Å². The molecule has 0 spiro atoms. The Morgan fingerprint density at radius 3 is 2.29 bits per heavy atom. The Bertz CT molecular complexity index is 266. The summed E-state index contributed by atoms with van der Waals surface area (Å²) in [5.74, 6) is -0.959. The van der Waals surface area contributed by atoms with Crippen LogP contribution in [0.15, 0.2) is 30.3 Å². The van der Waals surface area contributed by atoms with Gasteiger partial charge in [0.15, 0.2) is 0 Å². The molecule has 0 aliphatic rings. The zero-order chi connectivity index (χ0) is 11.0. The van der Waals surface area contributed by atoms with E-state index in [1.807, 2.05) is 30.3 Å². The minimum absolute atomic E-state index is 0.385. The first-order valence-electron chi connectivity index (χ1n) is 3.89. The quantitative estimate of drug-likeness (QED) is 0.699. The van der Waals surface area contributed by atoms with Crippen LogP contribution in [0.4, 0.5) is 0 Å². The molecule has 1 rings (SSSR count). The van der Waals surface area contributed by atoms with Gasteiger partial charge < -0.3 is 10.8 Å².